The summed E-state index contributed by atoms with van der Waals surface area (Å²) in [4.78, 5) is 0. The third-order valence-electron chi connectivity index (χ3n) is 4.29. The fraction of sp³-hybridized carbons (Fsp3) is 0.476. The largest absolute Gasteiger partial charge is 0.494 e. The Hall–Kier alpha value is -1.77. The number of rotatable bonds is 10. The number of benzene rings is 1. The first-order chi connectivity index (χ1) is 13.7. The van der Waals surface area contributed by atoms with E-state index in [0.29, 0.717) is 5.76 Å². The average Bonchev–Trinajstić information content (AvgIpc) is 2.66. The van der Waals surface area contributed by atoms with Gasteiger partial charge in [0.25, 0.3) is 0 Å². The van der Waals surface area contributed by atoms with Gasteiger partial charge < -0.3 is 4.74 Å². The van der Waals surface area contributed by atoms with Gasteiger partial charge in [0.2, 0.25) is 0 Å². The average molecular weight is 431 g/mol. The fourth-order valence-corrected chi connectivity index (χ4v) is 2.81. The highest BCUT2D eigenvalue weighted by atomic mass is 35.7. The van der Waals surface area contributed by atoms with Gasteiger partial charge in [-0.1, -0.05) is 45.4 Å². The lowest BCUT2D eigenvalue weighted by Crippen LogP contribution is -2.68. The maximum Gasteiger partial charge on any atom is 0.359 e. The van der Waals surface area contributed by atoms with Gasteiger partial charge >= 0.3 is 12.0 Å². The van der Waals surface area contributed by atoms with Crippen LogP contribution in [0.3, 0.4) is 0 Å². The molecule has 2 aromatic rings. The van der Waals surface area contributed by atoms with Crippen molar-refractivity contribution in [2.75, 3.05) is 7.11 Å². The number of unbranched alkanes of at least 4 members (excludes halogenated alkanes) is 6. The first-order valence-electron chi connectivity index (χ1n) is 9.61. The molecule has 0 N–H and O–H groups in total. The van der Waals surface area contributed by atoms with Gasteiger partial charge in [0.05, 0.1) is 12.7 Å². The van der Waals surface area contributed by atoms with Gasteiger partial charge in [-0.3, -0.25) is 0 Å². The van der Waals surface area contributed by atoms with Crippen LogP contribution in [0.2, 0.25) is 0 Å². The highest BCUT2D eigenvalue weighted by Crippen LogP contribution is 2.26. The zero-order valence-electron chi connectivity index (χ0n) is 16.8. The molecule has 0 aliphatic heterocycles. The van der Waals surface area contributed by atoms with Crippen LogP contribution in [0.1, 0.15) is 57.4 Å². The maximum absolute atomic E-state index is 13.8. The van der Waals surface area contributed by atoms with Crippen molar-refractivity contribution >= 4 is 0 Å². The molecule has 2 rings (SSSR count). The second kappa shape index (κ2) is 13.5. The third-order valence-corrected chi connectivity index (χ3v) is 4.29. The number of aryl methyl sites for hydroxylation is 1. The van der Waals surface area contributed by atoms with E-state index in [0.717, 1.165) is 12.0 Å². The molecule has 1 aromatic heterocycles. The van der Waals surface area contributed by atoms with Gasteiger partial charge in [0, 0.05) is 11.6 Å². The molecular weight excluding hydrogens is 403 g/mol. The van der Waals surface area contributed by atoms with Crippen molar-refractivity contribution in [1.29, 1.82) is 0 Å². The summed E-state index contributed by atoms with van der Waals surface area (Å²) in [5.74, 6) is 0.534. The Bertz CT molecular complexity index is 697. The Morgan fingerprint density at radius 1 is 0.931 bits per heavy atom. The zero-order valence-corrected chi connectivity index (χ0v) is 17.6. The molecule has 0 bridgehead atoms. The molecule has 1 aromatic carbocycles. The van der Waals surface area contributed by atoms with Crippen molar-refractivity contribution < 1.29 is 42.4 Å². The molecule has 0 aliphatic rings. The molecule has 0 unspecified atom stereocenters. The van der Waals surface area contributed by atoms with Crippen molar-refractivity contribution in [1.82, 2.24) is 0 Å². The lowest BCUT2D eigenvalue weighted by Gasteiger charge is -2.17. The molecule has 0 atom stereocenters. The van der Waals surface area contributed by atoms with Gasteiger partial charge in [-0.05, 0) is 37.1 Å². The van der Waals surface area contributed by atoms with Crippen LogP contribution >= 0.6 is 0 Å². The summed E-state index contributed by atoms with van der Waals surface area (Å²) in [7, 11) is -3.49. The molecule has 8 heteroatoms. The third kappa shape index (κ3) is 11.7. The molecule has 29 heavy (non-hydrogen) atoms. The second-order valence-electron chi connectivity index (χ2n) is 6.61. The normalized spacial score (nSPS) is 11.0. The maximum atomic E-state index is 13.8. The van der Waals surface area contributed by atoms with E-state index < -0.39 is 10.2 Å². The minimum Gasteiger partial charge on any atom is -0.494 e. The van der Waals surface area contributed by atoms with E-state index >= 15 is 0 Å². The van der Waals surface area contributed by atoms with E-state index in [1.165, 1.54) is 63.7 Å². The highest BCUT2D eigenvalue weighted by Gasteiger charge is 2.14. The molecule has 0 amide bonds. The predicted octanol–water partition coefficient (Wildman–Crippen LogP) is 1.91. The van der Waals surface area contributed by atoms with E-state index in [9.17, 15) is 4.39 Å². The highest BCUT2D eigenvalue weighted by molar-refractivity contribution is 5.58. The number of methoxy groups -OCH3 is 1. The first-order valence-corrected chi connectivity index (χ1v) is 10.8. The summed E-state index contributed by atoms with van der Waals surface area (Å²) in [6.45, 7) is 2.24. The smallest absolute Gasteiger partial charge is 0.359 e. The summed E-state index contributed by atoms with van der Waals surface area (Å²) in [6, 6.07) is 8.84. The van der Waals surface area contributed by atoms with Crippen LogP contribution in [0.5, 0.6) is 5.75 Å². The predicted molar refractivity (Wildman–Crippen MR) is 96.8 cm³/mol. The van der Waals surface area contributed by atoms with Crippen LogP contribution in [-0.4, -0.2) is 7.11 Å². The summed E-state index contributed by atoms with van der Waals surface area (Å²) in [5.41, 5.74) is 1.91. The van der Waals surface area contributed by atoms with Crippen molar-refractivity contribution in [3.63, 3.8) is 0 Å². The molecule has 1 heterocycles. The molecule has 0 fully saturated rings. The molecule has 162 valence electrons. The van der Waals surface area contributed by atoms with Gasteiger partial charge in [-0.2, -0.15) is 0 Å². The second-order valence-corrected chi connectivity index (χ2v) is 7.36. The quantitative estimate of drug-likeness (QED) is 0.420. The number of hydrogen-bond donors (Lipinski definition) is 0. The molecule has 6 nitrogen and oxygen atoms in total. The van der Waals surface area contributed by atoms with Crippen LogP contribution in [0.4, 0.5) is 4.39 Å². The minimum atomic E-state index is -4.94. The summed E-state index contributed by atoms with van der Waals surface area (Å²) < 4.78 is 58.3. The van der Waals surface area contributed by atoms with Crippen molar-refractivity contribution in [2.45, 2.75) is 58.3 Å². The fourth-order valence-electron chi connectivity index (χ4n) is 2.81. The molecule has 0 aliphatic carbocycles. The Balaban J connectivity index is 0.000000749. The topological polar surface area (TPSA) is 113 Å². The molecule has 0 saturated carbocycles. The van der Waals surface area contributed by atoms with Gasteiger partial charge in [0.1, 0.15) is 0 Å². The monoisotopic (exact) mass is 430 g/mol. The van der Waals surface area contributed by atoms with Gasteiger partial charge in [0.15, 0.2) is 11.6 Å². The lowest BCUT2D eigenvalue weighted by molar-refractivity contribution is -2.00. The van der Waals surface area contributed by atoms with E-state index in [1.54, 1.807) is 18.4 Å². The molecule has 0 saturated heterocycles. The van der Waals surface area contributed by atoms with Crippen molar-refractivity contribution in [2.24, 2.45) is 0 Å². The Morgan fingerprint density at radius 3 is 2.07 bits per heavy atom. The summed E-state index contributed by atoms with van der Waals surface area (Å²) >= 11 is 0. The Kier molecular flexibility index (Phi) is 11.7. The SMILES string of the molecule is CCCCCCCCCc1ccc(-c2ccc(OC)c(F)c2)[o+]c1.[O-][Cl+3]([O-])([O-])[O-]. The van der Waals surface area contributed by atoms with Crippen LogP contribution in [-0.2, 0) is 6.42 Å². The van der Waals surface area contributed by atoms with Crippen molar-refractivity contribution in [3.05, 3.63) is 48.0 Å². The van der Waals surface area contributed by atoms with Crippen LogP contribution in [0, 0.1) is 16.1 Å². The van der Waals surface area contributed by atoms with E-state index in [4.69, 9.17) is 27.8 Å². The Labute approximate surface area is 173 Å². The van der Waals surface area contributed by atoms with Crippen LogP contribution in [0.15, 0.2) is 41.0 Å². The minimum absolute atomic E-state index is 0.245. The van der Waals surface area contributed by atoms with Crippen molar-refractivity contribution in [3.8, 4) is 17.1 Å². The first kappa shape index (κ1) is 25.3. The standard InChI is InChI=1S/C21H28FO2.ClHO4/c1-3-4-5-6-7-8-9-10-17-11-13-20(24-16-17)18-12-14-21(23-2)19(22)15-18;2-1(3,4)5/h11-16H,3-10H2,1-2H3;(H,2,3,4,5)/q+1;/p-1. The summed E-state index contributed by atoms with van der Waals surface area (Å²) in [5, 5.41) is 0. The zero-order chi connectivity index (χ0) is 21.7. The number of ether oxygens (including phenoxy) is 1. The number of hydrogen-bond acceptors (Lipinski definition) is 5. The molecule has 0 radical (unpaired) electrons. The number of halogens is 2. The van der Waals surface area contributed by atoms with E-state index in [-0.39, 0.29) is 11.6 Å². The van der Waals surface area contributed by atoms with Gasteiger partial charge in [-0.25, -0.2) is 27.4 Å². The molecule has 0 spiro atoms. The van der Waals surface area contributed by atoms with Crippen LogP contribution in [0.25, 0.3) is 11.3 Å². The lowest BCUT2D eigenvalue weighted by atomic mass is 10.1. The van der Waals surface area contributed by atoms with E-state index in [2.05, 4.69) is 13.0 Å². The van der Waals surface area contributed by atoms with Crippen LogP contribution < -0.4 is 23.4 Å². The van der Waals surface area contributed by atoms with E-state index in [1.807, 2.05) is 6.07 Å². The summed E-state index contributed by atoms with van der Waals surface area (Å²) in [6.07, 6.45) is 12.0. The Morgan fingerprint density at radius 2 is 1.55 bits per heavy atom. The molecular formula is C21H28ClFO6. The van der Waals surface area contributed by atoms with Gasteiger partial charge in [-0.15, -0.1) is 10.2 Å².